The molecule has 2 heterocycles. The van der Waals surface area contributed by atoms with Crippen LogP contribution in [0.15, 0.2) is 47.5 Å². The summed E-state index contributed by atoms with van der Waals surface area (Å²) in [4.78, 5) is 40.0. The molecule has 31 heavy (non-hydrogen) atoms. The van der Waals surface area contributed by atoms with Gasteiger partial charge in [-0.05, 0) is 32.0 Å². The number of nitrogens with one attached hydrogen (secondary N) is 1. The molecular formula is C21H23ClN6O3. The molecule has 1 N–H and O–H groups in total. The minimum Gasteiger partial charge on any atom is -0.347 e. The van der Waals surface area contributed by atoms with Gasteiger partial charge < -0.3 is 10.2 Å². The van der Waals surface area contributed by atoms with Crippen molar-refractivity contribution in [2.75, 3.05) is 14.1 Å². The first kappa shape index (κ1) is 22.2. The largest absolute Gasteiger partial charge is 0.347 e. The molecule has 1 aromatic carbocycles. The van der Waals surface area contributed by atoms with Gasteiger partial charge in [0.1, 0.15) is 16.8 Å². The van der Waals surface area contributed by atoms with Crippen LogP contribution >= 0.6 is 11.6 Å². The summed E-state index contributed by atoms with van der Waals surface area (Å²) < 4.78 is 2.64. The van der Waals surface area contributed by atoms with Gasteiger partial charge >= 0.3 is 0 Å². The third-order valence-electron chi connectivity index (χ3n) is 4.60. The van der Waals surface area contributed by atoms with Crippen LogP contribution in [-0.2, 0) is 11.8 Å². The lowest BCUT2D eigenvalue weighted by Gasteiger charge is -2.28. The summed E-state index contributed by atoms with van der Waals surface area (Å²) >= 11 is 5.98. The predicted octanol–water partition coefficient (Wildman–Crippen LogP) is 1.88. The van der Waals surface area contributed by atoms with Gasteiger partial charge in [-0.2, -0.15) is 14.9 Å². The Morgan fingerprint density at radius 2 is 1.81 bits per heavy atom. The van der Waals surface area contributed by atoms with E-state index in [1.54, 1.807) is 65.5 Å². The van der Waals surface area contributed by atoms with Crippen molar-refractivity contribution in [3.05, 3.63) is 63.7 Å². The van der Waals surface area contributed by atoms with Crippen LogP contribution in [0.25, 0.3) is 16.9 Å². The zero-order chi connectivity index (χ0) is 22.9. The summed E-state index contributed by atoms with van der Waals surface area (Å²) in [6.45, 7) is 3.16. The maximum Gasteiger partial charge on any atom is 0.284 e. The van der Waals surface area contributed by atoms with Gasteiger partial charge in [0.2, 0.25) is 5.91 Å². The Morgan fingerprint density at radius 3 is 2.35 bits per heavy atom. The van der Waals surface area contributed by atoms with E-state index in [-0.39, 0.29) is 11.5 Å². The second kappa shape index (κ2) is 8.35. The molecular weight excluding hydrogens is 420 g/mol. The molecule has 2 aromatic heterocycles. The number of hydrogen-bond acceptors (Lipinski definition) is 5. The van der Waals surface area contributed by atoms with E-state index in [4.69, 9.17) is 11.6 Å². The number of carbonyl (C=O) groups excluding carboxylic acids is 2. The van der Waals surface area contributed by atoms with E-state index < -0.39 is 17.0 Å². The highest BCUT2D eigenvalue weighted by Gasteiger charge is 2.32. The van der Waals surface area contributed by atoms with Crippen molar-refractivity contribution in [1.82, 2.24) is 29.8 Å². The van der Waals surface area contributed by atoms with Crippen LogP contribution < -0.4 is 10.9 Å². The molecule has 0 atom stereocenters. The molecule has 0 aliphatic heterocycles. The zero-order valence-corrected chi connectivity index (χ0v) is 18.6. The molecule has 162 valence electrons. The summed E-state index contributed by atoms with van der Waals surface area (Å²) in [5, 5.41) is 11.7. The van der Waals surface area contributed by atoms with E-state index in [0.29, 0.717) is 22.0 Å². The molecule has 0 bridgehead atoms. The number of aryl methyl sites for hydroxylation is 1. The summed E-state index contributed by atoms with van der Waals surface area (Å²) in [6, 6.07) is 8.27. The Labute approximate surface area is 184 Å². The lowest BCUT2D eigenvalue weighted by atomic mass is 10.0. The number of carbonyl (C=O) groups is 2. The number of halogens is 1. The predicted molar refractivity (Wildman–Crippen MR) is 117 cm³/mol. The van der Waals surface area contributed by atoms with Crippen LogP contribution in [0.3, 0.4) is 0 Å². The molecule has 0 saturated carbocycles. The highest BCUT2D eigenvalue weighted by atomic mass is 35.5. The average Bonchev–Trinajstić information content (AvgIpc) is 3.13. The Morgan fingerprint density at radius 1 is 1.16 bits per heavy atom. The second-order valence-electron chi connectivity index (χ2n) is 7.82. The van der Waals surface area contributed by atoms with Gasteiger partial charge in [-0.1, -0.05) is 23.7 Å². The number of hydrogen-bond donors (Lipinski definition) is 1. The van der Waals surface area contributed by atoms with Crippen LogP contribution in [-0.4, -0.2) is 55.9 Å². The first-order chi connectivity index (χ1) is 14.5. The fourth-order valence-electron chi connectivity index (χ4n) is 3.08. The first-order valence-electron chi connectivity index (χ1n) is 9.43. The molecule has 0 radical (unpaired) electrons. The Bertz CT molecular complexity index is 1190. The average molecular weight is 443 g/mol. The molecule has 0 aliphatic carbocycles. The van der Waals surface area contributed by atoms with Crippen LogP contribution in [0, 0.1) is 0 Å². The van der Waals surface area contributed by atoms with Crippen LogP contribution in [0.2, 0.25) is 5.02 Å². The van der Waals surface area contributed by atoms with E-state index in [1.165, 1.54) is 21.8 Å². The maximum absolute atomic E-state index is 13.1. The summed E-state index contributed by atoms with van der Waals surface area (Å²) in [5.74, 6) is -0.985. The van der Waals surface area contributed by atoms with Crippen molar-refractivity contribution >= 4 is 23.4 Å². The fourth-order valence-corrected chi connectivity index (χ4v) is 3.20. The molecule has 10 heteroatoms. The molecule has 0 saturated heterocycles. The quantitative estimate of drug-likeness (QED) is 0.650. The van der Waals surface area contributed by atoms with Crippen LogP contribution in [0.4, 0.5) is 0 Å². The van der Waals surface area contributed by atoms with Crippen molar-refractivity contribution in [3.63, 3.8) is 0 Å². The number of likely N-dealkylation sites (N-methyl/N-ethyl adjacent to an activating group) is 1. The van der Waals surface area contributed by atoms with Gasteiger partial charge in [-0.15, -0.1) is 0 Å². The van der Waals surface area contributed by atoms with E-state index >= 15 is 0 Å². The van der Waals surface area contributed by atoms with Crippen LogP contribution in [0.1, 0.15) is 24.2 Å². The minimum absolute atomic E-state index is 0.150. The summed E-state index contributed by atoms with van der Waals surface area (Å²) in [7, 11) is 4.90. The normalized spacial score (nSPS) is 11.3. The van der Waals surface area contributed by atoms with Crippen molar-refractivity contribution in [2.24, 2.45) is 7.05 Å². The lowest BCUT2D eigenvalue weighted by molar-refractivity contribution is -0.134. The molecule has 0 aliphatic rings. The van der Waals surface area contributed by atoms with Crippen molar-refractivity contribution in [2.45, 2.75) is 19.4 Å². The van der Waals surface area contributed by atoms with Gasteiger partial charge in [-0.25, -0.2) is 0 Å². The van der Waals surface area contributed by atoms with Gasteiger partial charge in [0, 0.05) is 31.7 Å². The summed E-state index contributed by atoms with van der Waals surface area (Å²) in [6.07, 6.45) is 3.09. The first-order valence-corrected chi connectivity index (χ1v) is 9.81. The maximum atomic E-state index is 13.1. The van der Waals surface area contributed by atoms with Crippen molar-refractivity contribution in [1.29, 1.82) is 0 Å². The third kappa shape index (κ3) is 4.66. The molecule has 0 unspecified atom stereocenters. The van der Waals surface area contributed by atoms with Crippen molar-refractivity contribution < 1.29 is 9.59 Å². The highest BCUT2D eigenvalue weighted by Crippen LogP contribution is 2.20. The molecule has 2 amide bonds. The molecule has 0 spiro atoms. The van der Waals surface area contributed by atoms with Gasteiger partial charge in [0.05, 0.1) is 18.1 Å². The third-order valence-corrected chi connectivity index (χ3v) is 4.85. The molecule has 9 nitrogen and oxygen atoms in total. The fraction of sp³-hybridized carbons (Fsp3) is 0.286. The monoisotopic (exact) mass is 442 g/mol. The molecule has 0 fully saturated rings. The second-order valence-corrected chi connectivity index (χ2v) is 8.25. The van der Waals surface area contributed by atoms with Crippen molar-refractivity contribution in [3.8, 4) is 16.9 Å². The number of amides is 2. The Balaban J connectivity index is 2.13. The van der Waals surface area contributed by atoms with Gasteiger partial charge in [-0.3, -0.25) is 19.1 Å². The lowest BCUT2D eigenvalue weighted by Crippen LogP contribution is -2.55. The van der Waals surface area contributed by atoms with E-state index in [9.17, 15) is 14.4 Å². The van der Waals surface area contributed by atoms with Crippen LogP contribution in [0.5, 0.6) is 0 Å². The molecule has 3 rings (SSSR count). The minimum atomic E-state index is -1.21. The zero-order valence-electron chi connectivity index (χ0n) is 17.9. The Hall–Kier alpha value is -3.46. The number of nitrogens with zero attached hydrogens (tertiary/aromatic N) is 5. The summed E-state index contributed by atoms with van der Waals surface area (Å²) in [5.41, 5.74) is -0.530. The smallest absolute Gasteiger partial charge is 0.284 e. The molecule has 3 aromatic rings. The van der Waals surface area contributed by atoms with E-state index in [2.05, 4.69) is 15.5 Å². The number of rotatable bonds is 5. The number of benzene rings is 1. The Kier molecular flexibility index (Phi) is 5.99. The van der Waals surface area contributed by atoms with E-state index in [0.717, 1.165) is 4.68 Å². The number of aromatic nitrogens is 4. The topological polar surface area (TPSA) is 102 Å². The van der Waals surface area contributed by atoms with E-state index in [1.807, 2.05) is 0 Å². The highest BCUT2D eigenvalue weighted by molar-refractivity contribution is 6.30. The SMILES string of the molecule is CN(C)C(=O)C(C)(C)NC(=O)c1cc(-c2ccc(Cl)cc2)nn(-c2cnn(C)c2)c1=O. The standard InChI is InChI=1S/C21H23ClN6O3/c1-21(2,20(31)26(3)4)24-18(29)16-10-17(13-6-8-14(22)9-7-13)25-28(19(16)30)15-11-23-27(5)12-15/h6-12H,1-5H3,(H,24,29). The van der Waals surface area contributed by atoms with Gasteiger partial charge in [0.15, 0.2) is 0 Å². The van der Waals surface area contributed by atoms with Gasteiger partial charge in [0.25, 0.3) is 11.5 Å².